The standard InChI is InChI=1S/C23H35ClN6O2S/c1-17-15-29(12-13-30(17)22(32)18-6-2-3-7-18)20-14-19(24)26-23(27-20)33-16-21(31)25-8-11-28-9-4-5-10-28/h14,17-18H,2-13,15-16H2,1H3,(H,25,31). The van der Waals surface area contributed by atoms with Gasteiger partial charge in [0.05, 0.1) is 5.75 Å². The number of hydrogen-bond donors (Lipinski definition) is 1. The van der Waals surface area contributed by atoms with E-state index in [-0.39, 0.29) is 23.6 Å². The second kappa shape index (κ2) is 11.7. The van der Waals surface area contributed by atoms with Gasteiger partial charge in [-0.1, -0.05) is 36.2 Å². The van der Waals surface area contributed by atoms with Gasteiger partial charge in [-0.3, -0.25) is 9.59 Å². The van der Waals surface area contributed by atoms with Gasteiger partial charge < -0.3 is 20.0 Å². The Bertz CT molecular complexity index is 831. The fourth-order valence-electron chi connectivity index (χ4n) is 5.05. The molecule has 1 aromatic rings. The van der Waals surface area contributed by atoms with Gasteiger partial charge in [0.15, 0.2) is 5.16 Å². The first-order chi connectivity index (χ1) is 16.0. The van der Waals surface area contributed by atoms with Crippen molar-refractivity contribution in [3.63, 3.8) is 0 Å². The van der Waals surface area contributed by atoms with Gasteiger partial charge >= 0.3 is 0 Å². The van der Waals surface area contributed by atoms with E-state index in [9.17, 15) is 9.59 Å². The van der Waals surface area contributed by atoms with Gasteiger partial charge in [-0.05, 0) is 45.7 Å². The third-order valence-corrected chi connectivity index (χ3v) is 7.92. The molecule has 0 bridgehead atoms. The zero-order chi connectivity index (χ0) is 23.2. The molecule has 0 aromatic carbocycles. The number of nitrogens with zero attached hydrogens (tertiary/aromatic N) is 5. The minimum Gasteiger partial charge on any atom is -0.354 e. The molecule has 4 rings (SSSR count). The Morgan fingerprint density at radius 2 is 1.88 bits per heavy atom. The van der Waals surface area contributed by atoms with Crippen molar-refractivity contribution in [3.8, 4) is 0 Å². The SMILES string of the molecule is CC1CN(c2cc(Cl)nc(SCC(=O)NCCN3CCCC3)n2)CCN1C(=O)C1CCCC1. The predicted molar refractivity (Wildman–Crippen MR) is 132 cm³/mol. The highest BCUT2D eigenvalue weighted by Crippen LogP contribution is 2.29. The molecule has 2 saturated heterocycles. The molecule has 3 aliphatic rings. The largest absolute Gasteiger partial charge is 0.354 e. The quantitative estimate of drug-likeness (QED) is 0.338. The molecule has 3 heterocycles. The van der Waals surface area contributed by atoms with Crippen LogP contribution >= 0.6 is 23.4 Å². The first-order valence-corrected chi connectivity index (χ1v) is 13.6. The van der Waals surface area contributed by atoms with Crippen LogP contribution in [0.25, 0.3) is 0 Å². The summed E-state index contributed by atoms with van der Waals surface area (Å²) in [4.78, 5) is 40.6. The zero-order valence-electron chi connectivity index (χ0n) is 19.5. The third kappa shape index (κ3) is 6.73. The number of nitrogens with one attached hydrogen (secondary N) is 1. The Kier molecular flexibility index (Phi) is 8.71. The van der Waals surface area contributed by atoms with Crippen molar-refractivity contribution in [1.82, 2.24) is 25.1 Å². The van der Waals surface area contributed by atoms with Crippen LogP contribution in [0.1, 0.15) is 45.4 Å². The maximum absolute atomic E-state index is 12.9. The van der Waals surface area contributed by atoms with Crippen molar-refractivity contribution in [1.29, 1.82) is 0 Å². The average Bonchev–Trinajstić information content (AvgIpc) is 3.51. The Morgan fingerprint density at radius 1 is 1.12 bits per heavy atom. The second-order valence-corrected chi connectivity index (χ2v) is 10.7. The molecule has 33 heavy (non-hydrogen) atoms. The zero-order valence-corrected chi connectivity index (χ0v) is 21.0. The minimum atomic E-state index is -0.0167. The number of piperazine rings is 1. The maximum Gasteiger partial charge on any atom is 0.230 e. The molecule has 182 valence electrons. The molecule has 1 unspecified atom stereocenters. The van der Waals surface area contributed by atoms with Crippen LogP contribution in [0.3, 0.4) is 0 Å². The molecule has 3 fully saturated rings. The maximum atomic E-state index is 12.9. The molecule has 2 amide bonds. The molecule has 1 saturated carbocycles. The van der Waals surface area contributed by atoms with Crippen LogP contribution < -0.4 is 10.2 Å². The Morgan fingerprint density at radius 3 is 2.61 bits per heavy atom. The van der Waals surface area contributed by atoms with Crippen molar-refractivity contribution in [3.05, 3.63) is 11.2 Å². The number of aromatic nitrogens is 2. The fraction of sp³-hybridized carbons (Fsp3) is 0.739. The number of likely N-dealkylation sites (tertiary alicyclic amines) is 1. The molecule has 8 nitrogen and oxygen atoms in total. The predicted octanol–water partition coefficient (Wildman–Crippen LogP) is 2.66. The van der Waals surface area contributed by atoms with Gasteiger partial charge in [0.2, 0.25) is 11.8 Å². The van der Waals surface area contributed by atoms with E-state index in [4.69, 9.17) is 11.6 Å². The summed E-state index contributed by atoms with van der Waals surface area (Å²) in [5.74, 6) is 1.52. The smallest absolute Gasteiger partial charge is 0.230 e. The van der Waals surface area contributed by atoms with Gasteiger partial charge in [0.25, 0.3) is 0 Å². The van der Waals surface area contributed by atoms with E-state index in [0.29, 0.717) is 35.9 Å². The molecule has 1 N–H and O–H groups in total. The van der Waals surface area contributed by atoms with Gasteiger partial charge in [-0.2, -0.15) is 0 Å². The summed E-state index contributed by atoms with van der Waals surface area (Å²) in [7, 11) is 0. The minimum absolute atomic E-state index is 0.0167. The molecular formula is C23H35ClN6O2S. The summed E-state index contributed by atoms with van der Waals surface area (Å²) >= 11 is 7.58. The van der Waals surface area contributed by atoms with E-state index < -0.39 is 0 Å². The van der Waals surface area contributed by atoms with Crippen molar-refractivity contribution >= 4 is 41.0 Å². The number of carbonyl (C=O) groups is 2. The molecule has 0 spiro atoms. The number of amides is 2. The first kappa shape index (κ1) is 24.5. The topological polar surface area (TPSA) is 81.7 Å². The third-order valence-electron chi connectivity index (χ3n) is 6.88. The summed E-state index contributed by atoms with van der Waals surface area (Å²) < 4.78 is 0. The second-order valence-electron chi connectivity index (χ2n) is 9.33. The number of thioether (sulfide) groups is 1. The normalized spacial score (nSPS) is 22.2. The van der Waals surface area contributed by atoms with E-state index in [2.05, 4.69) is 32.0 Å². The molecule has 0 radical (unpaired) electrons. The van der Waals surface area contributed by atoms with E-state index in [0.717, 1.165) is 44.8 Å². The number of carbonyl (C=O) groups excluding carboxylic acids is 2. The van der Waals surface area contributed by atoms with Gasteiger partial charge in [0.1, 0.15) is 11.0 Å². The molecule has 10 heteroatoms. The van der Waals surface area contributed by atoms with Crippen LogP contribution in [0.15, 0.2) is 11.2 Å². The molecule has 2 aliphatic heterocycles. The lowest BCUT2D eigenvalue weighted by atomic mass is 10.0. The van der Waals surface area contributed by atoms with E-state index in [1.807, 2.05) is 4.90 Å². The van der Waals surface area contributed by atoms with Crippen molar-refractivity contribution < 1.29 is 9.59 Å². The molecule has 1 aliphatic carbocycles. The lowest BCUT2D eigenvalue weighted by Gasteiger charge is -2.41. The lowest BCUT2D eigenvalue weighted by molar-refractivity contribution is -0.137. The van der Waals surface area contributed by atoms with Crippen LogP contribution in [0.5, 0.6) is 0 Å². The lowest BCUT2D eigenvalue weighted by Crippen LogP contribution is -2.55. The fourth-order valence-corrected chi connectivity index (χ4v) is 5.96. The van der Waals surface area contributed by atoms with E-state index in [1.54, 1.807) is 6.07 Å². The van der Waals surface area contributed by atoms with Crippen molar-refractivity contribution in [2.75, 3.05) is 56.5 Å². The van der Waals surface area contributed by atoms with E-state index in [1.165, 1.54) is 37.4 Å². The molecule has 1 aromatic heterocycles. The van der Waals surface area contributed by atoms with Crippen molar-refractivity contribution in [2.24, 2.45) is 5.92 Å². The molecular weight excluding hydrogens is 460 g/mol. The van der Waals surface area contributed by atoms with Crippen LogP contribution in [-0.2, 0) is 9.59 Å². The van der Waals surface area contributed by atoms with Crippen molar-refractivity contribution in [2.45, 2.75) is 56.6 Å². The van der Waals surface area contributed by atoms with Crippen LogP contribution in [0.4, 0.5) is 5.82 Å². The highest BCUT2D eigenvalue weighted by molar-refractivity contribution is 7.99. The number of halogens is 1. The van der Waals surface area contributed by atoms with E-state index >= 15 is 0 Å². The Labute approximate surface area is 205 Å². The highest BCUT2D eigenvalue weighted by Gasteiger charge is 2.33. The molecule has 1 atom stereocenters. The van der Waals surface area contributed by atoms with Gasteiger partial charge in [-0.15, -0.1) is 0 Å². The summed E-state index contributed by atoms with van der Waals surface area (Å²) in [5.41, 5.74) is 0. The van der Waals surface area contributed by atoms with Gasteiger partial charge in [0, 0.05) is 50.7 Å². The number of anilines is 1. The summed E-state index contributed by atoms with van der Waals surface area (Å²) in [6.45, 7) is 8.06. The summed E-state index contributed by atoms with van der Waals surface area (Å²) in [5, 5.41) is 3.85. The summed E-state index contributed by atoms with van der Waals surface area (Å²) in [6.07, 6.45) is 6.90. The van der Waals surface area contributed by atoms with Crippen LogP contribution in [-0.4, -0.2) is 89.2 Å². The first-order valence-electron chi connectivity index (χ1n) is 12.2. The van der Waals surface area contributed by atoms with Gasteiger partial charge in [-0.25, -0.2) is 9.97 Å². The van der Waals surface area contributed by atoms with Crippen LogP contribution in [0.2, 0.25) is 5.15 Å². The highest BCUT2D eigenvalue weighted by atomic mass is 35.5. The summed E-state index contributed by atoms with van der Waals surface area (Å²) in [6, 6.07) is 1.89. The Hall–Kier alpha value is -1.58. The monoisotopic (exact) mass is 494 g/mol. The number of hydrogen-bond acceptors (Lipinski definition) is 7. The number of rotatable bonds is 8. The average molecular weight is 495 g/mol. The van der Waals surface area contributed by atoms with Crippen LogP contribution in [0, 0.1) is 5.92 Å². The Balaban J connectivity index is 1.27.